The number of hydrogen-bond acceptors (Lipinski definition) is 4. The Hall–Kier alpha value is -2.08. The van der Waals surface area contributed by atoms with Crippen LogP contribution in [0, 0.1) is 0 Å². The number of amides is 1. The lowest BCUT2D eigenvalue weighted by molar-refractivity contribution is 0.0384. The smallest absolute Gasteiger partial charge is 0.254 e. The second-order valence-corrected chi connectivity index (χ2v) is 8.40. The Balaban J connectivity index is 0.00000341. The normalized spacial score (nSPS) is 20.7. The van der Waals surface area contributed by atoms with Gasteiger partial charge >= 0.3 is 0 Å². The van der Waals surface area contributed by atoms with Crippen LogP contribution in [0.2, 0.25) is 0 Å². The van der Waals surface area contributed by atoms with Crippen molar-refractivity contribution in [3.8, 4) is 5.75 Å². The van der Waals surface area contributed by atoms with E-state index in [-0.39, 0.29) is 30.1 Å². The third-order valence-electron chi connectivity index (χ3n) is 6.40. The molecule has 0 spiro atoms. The van der Waals surface area contributed by atoms with Gasteiger partial charge in [-0.25, -0.2) is 0 Å². The highest BCUT2D eigenvalue weighted by Crippen LogP contribution is 2.36. The molecule has 1 aliphatic heterocycles. The molecule has 1 aliphatic rings. The molecule has 1 saturated heterocycles. The highest BCUT2D eigenvalue weighted by molar-refractivity contribution is 5.96. The van der Waals surface area contributed by atoms with Crippen LogP contribution in [-0.2, 0) is 0 Å². The molecule has 31 heavy (non-hydrogen) atoms. The lowest BCUT2D eigenvalue weighted by Gasteiger charge is -2.46. The summed E-state index contributed by atoms with van der Waals surface area (Å²) in [5, 5.41) is 10.2. The second kappa shape index (κ2) is 11.0. The standard InChI is InChI=1S/C25H35N3O2.ClH/c1-6-27(7-2)25(30)23-14-9-8-13-22(23)24(20-11-10-12-21(29)15-20)28-17-18(3)26(5)16-19(28)4;/h8-15,18-19,24,29H,6-7,16-17H2,1-5H3;1H/t18-,19-,24-;/m1./s1. The zero-order chi connectivity index (χ0) is 21.8. The van der Waals surface area contributed by atoms with Gasteiger partial charge in [-0.2, -0.15) is 0 Å². The van der Waals surface area contributed by atoms with Crippen LogP contribution < -0.4 is 0 Å². The molecule has 170 valence electrons. The highest BCUT2D eigenvalue weighted by Gasteiger charge is 2.35. The average Bonchev–Trinajstić information content (AvgIpc) is 2.73. The number of carbonyl (C=O) groups excluding carboxylic acids is 1. The molecule has 0 unspecified atom stereocenters. The SMILES string of the molecule is CCN(CC)C(=O)c1ccccc1[C@@H](c1cccc(O)c1)N1C[C@@H](C)N(C)C[C@H]1C.Cl. The van der Waals surface area contributed by atoms with E-state index in [2.05, 4.69) is 42.8 Å². The lowest BCUT2D eigenvalue weighted by atomic mass is 9.90. The molecular weight excluding hydrogens is 410 g/mol. The topological polar surface area (TPSA) is 47.0 Å². The monoisotopic (exact) mass is 445 g/mol. The molecule has 1 N–H and O–H groups in total. The molecule has 2 aromatic carbocycles. The fourth-order valence-corrected chi connectivity index (χ4v) is 4.54. The molecule has 6 heteroatoms. The van der Waals surface area contributed by atoms with Crippen molar-refractivity contribution >= 4 is 18.3 Å². The fourth-order valence-electron chi connectivity index (χ4n) is 4.54. The van der Waals surface area contributed by atoms with Crippen molar-refractivity contribution in [3.05, 3.63) is 65.2 Å². The van der Waals surface area contributed by atoms with Gasteiger partial charge in [0.15, 0.2) is 0 Å². The van der Waals surface area contributed by atoms with E-state index in [0.717, 1.165) is 29.8 Å². The van der Waals surface area contributed by atoms with Crippen LogP contribution in [0.1, 0.15) is 55.2 Å². The van der Waals surface area contributed by atoms with Gasteiger partial charge in [-0.1, -0.05) is 30.3 Å². The van der Waals surface area contributed by atoms with E-state index in [9.17, 15) is 9.90 Å². The van der Waals surface area contributed by atoms with Gasteiger partial charge in [-0.05, 0) is 64.1 Å². The first-order chi connectivity index (χ1) is 14.4. The Morgan fingerprint density at radius 2 is 1.74 bits per heavy atom. The first kappa shape index (κ1) is 25.2. The molecule has 1 fully saturated rings. The van der Waals surface area contributed by atoms with Gasteiger partial charge in [0, 0.05) is 43.8 Å². The number of phenolic OH excluding ortho intramolecular Hbond substituents is 1. The Labute approximate surface area is 193 Å². The number of carbonyl (C=O) groups is 1. The largest absolute Gasteiger partial charge is 0.508 e. The van der Waals surface area contributed by atoms with Crippen LogP contribution in [0.25, 0.3) is 0 Å². The molecule has 0 radical (unpaired) electrons. The zero-order valence-corrected chi connectivity index (χ0v) is 20.1. The molecule has 3 rings (SSSR count). The van der Waals surface area contributed by atoms with Crippen molar-refractivity contribution in [2.75, 3.05) is 33.2 Å². The number of phenols is 1. The maximum Gasteiger partial charge on any atom is 0.254 e. The van der Waals surface area contributed by atoms with Crippen molar-refractivity contribution in [1.82, 2.24) is 14.7 Å². The minimum Gasteiger partial charge on any atom is -0.508 e. The molecule has 0 saturated carbocycles. The molecule has 3 atom stereocenters. The number of benzene rings is 2. The number of piperazine rings is 1. The van der Waals surface area contributed by atoms with Crippen molar-refractivity contribution in [3.63, 3.8) is 0 Å². The number of likely N-dealkylation sites (N-methyl/N-ethyl adjacent to an activating group) is 1. The van der Waals surface area contributed by atoms with Crippen molar-refractivity contribution in [2.24, 2.45) is 0 Å². The number of halogens is 1. The van der Waals surface area contributed by atoms with Crippen molar-refractivity contribution in [2.45, 2.75) is 45.8 Å². The maximum absolute atomic E-state index is 13.4. The predicted molar refractivity (Wildman–Crippen MR) is 129 cm³/mol. The molecule has 2 aromatic rings. The van der Waals surface area contributed by atoms with Gasteiger partial charge in [-0.3, -0.25) is 9.69 Å². The van der Waals surface area contributed by atoms with Crippen LogP contribution >= 0.6 is 12.4 Å². The third-order valence-corrected chi connectivity index (χ3v) is 6.40. The van der Waals surface area contributed by atoms with Gasteiger partial charge in [-0.15, -0.1) is 12.4 Å². The molecule has 1 heterocycles. The van der Waals surface area contributed by atoms with E-state index in [1.54, 1.807) is 6.07 Å². The summed E-state index contributed by atoms with van der Waals surface area (Å²) in [6, 6.07) is 16.1. The first-order valence-corrected chi connectivity index (χ1v) is 11.0. The summed E-state index contributed by atoms with van der Waals surface area (Å²) < 4.78 is 0. The second-order valence-electron chi connectivity index (χ2n) is 8.40. The van der Waals surface area contributed by atoms with E-state index in [4.69, 9.17) is 0 Å². The highest BCUT2D eigenvalue weighted by atomic mass is 35.5. The minimum absolute atomic E-state index is 0. The summed E-state index contributed by atoms with van der Waals surface area (Å²) in [5.41, 5.74) is 2.76. The van der Waals surface area contributed by atoms with Gasteiger partial charge in [0.05, 0.1) is 6.04 Å². The van der Waals surface area contributed by atoms with Gasteiger partial charge in [0.25, 0.3) is 5.91 Å². The van der Waals surface area contributed by atoms with E-state index in [0.29, 0.717) is 25.2 Å². The Kier molecular flexibility index (Phi) is 8.92. The van der Waals surface area contributed by atoms with Crippen molar-refractivity contribution < 1.29 is 9.90 Å². The summed E-state index contributed by atoms with van der Waals surface area (Å²) in [5.74, 6) is 0.315. The maximum atomic E-state index is 13.4. The van der Waals surface area contributed by atoms with Crippen LogP contribution in [0.3, 0.4) is 0 Å². The Morgan fingerprint density at radius 1 is 1.06 bits per heavy atom. The van der Waals surface area contributed by atoms with Gasteiger partial charge in [0.1, 0.15) is 5.75 Å². The zero-order valence-electron chi connectivity index (χ0n) is 19.3. The van der Waals surface area contributed by atoms with Crippen LogP contribution in [0.5, 0.6) is 5.75 Å². The Morgan fingerprint density at radius 3 is 2.39 bits per heavy atom. The van der Waals surface area contributed by atoms with E-state index in [1.165, 1.54) is 0 Å². The van der Waals surface area contributed by atoms with Crippen LogP contribution in [-0.4, -0.2) is 71.0 Å². The van der Waals surface area contributed by atoms with Gasteiger partial charge in [0.2, 0.25) is 0 Å². The molecule has 0 aromatic heterocycles. The summed E-state index contributed by atoms with van der Waals surface area (Å²) in [6.07, 6.45) is 0. The predicted octanol–water partition coefficient (Wildman–Crippen LogP) is 4.41. The lowest BCUT2D eigenvalue weighted by Crippen LogP contribution is -2.56. The average molecular weight is 446 g/mol. The first-order valence-electron chi connectivity index (χ1n) is 11.0. The molecule has 1 amide bonds. The van der Waals surface area contributed by atoms with E-state index in [1.807, 2.05) is 49.1 Å². The summed E-state index contributed by atoms with van der Waals surface area (Å²) >= 11 is 0. The van der Waals surface area contributed by atoms with E-state index < -0.39 is 0 Å². The van der Waals surface area contributed by atoms with E-state index >= 15 is 0 Å². The quantitative estimate of drug-likeness (QED) is 0.715. The Bertz CT molecular complexity index is 871. The van der Waals surface area contributed by atoms with Crippen molar-refractivity contribution in [1.29, 1.82) is 0 Å². The number of aromatic hydroxyl groups is 1. The summed E-state index contributed by atoms with van der Waals surface area (Å²) in [7, 11) is 2.17. The molecule has 0 bridgehead atoms. The number of rotatable bonds is 6. The number of hydrogen-bond donors (Lipinski definition) is 1. The van der Waals surface area contributed by atoms with Gasteiger partial charge < -0.3 is 14.9 Å². The summed E-state index contributed by atoms with van der Waals surface area (Å²) in [4.78, 5) is 20.1. The molecular formula is C25H36ClN3O2. The molecule has 0 aliphatic carbocycles. The molecule has 5 nitrogen and oxygen atoms in total. The fraction of sp³-hybridized carbons (Fsp3) is 0.480. The van der Waals surface area contributed by atoms with Crippen LogP contribution in [0.4, 0.5) is 0 Å². The third kappa shape index (κ3) is 5.40. The minimum atomic E-state index is -0.0982. The van der Waals surface area contributed by atoms with Crippen LogP contribution in [0.15, 0.2) is 48.5 Å². The summed E-state index contributed by atoms with van der Waals surface area (Å²) in [6.45, 7) is 11.7. The number of nitrogens with zero attached hydrogens (tertiary/aromatic N) is 3.